The van der Waals surface area contributed by atoms with E-state index in [0.29, 0.717) is 34.9 Å². The molecule has 190 valence electrons. The molecule has 38 heavy (non-hydrogen) atoms. The number of rotatable bonds is 10. The molecule has 0 aliphatic carbocycles. The van der Waals surface area contributed by atoms with Gasteiger partial charge in [0.25, 0.3) is 5.91 Å². The van der Waals surface area contributed by atoms with Crippen LogP contribution in [0.5, 0.6) is 11.5 Å². The Hall–Kier alpha value is -4.88. The molecule has 0 saturated heterocycles. The number of fused-ring (bicyclic) bond motifs is 1. The van der Waals surface area contributed by atoms with Gasteiger partial charge in [-0.15, -0.1) is 0 Å². The Morgan fingerprint density at radius 1 is 0.816 bits per heavy atom. The standard InChI is InChI=1S/C31H27N3O4/c32-25-10-14-27(15-11-25)38-26-12-8-23(9-13-26)30(35)29(20-37-19-21-4-2-1-3-5-21)34-31(36)24-7-6-22-16-17-33-28(22)18-24/h1-18,29,33H,19-20,32H2,(H,34,36). The first-order valence-electron chi connectivity index (χ1n) is 12.2. The molecule has 1 amide bonds. The van der Waals surface area contributed by atoms with Crippen LogP contribution in [-0.4, -0.2) is 29.3 Å². The average molecular weight is 506 g/mol. The summed E-state index contributed by atoms with van der Waals surface area (Å²) in [7, 11) is 0. The summed E-state index contributed by atoms with van der Waals surface area (Å²) in [5.74, 6) is 0.598. The van der Waals surface area contributed by atoms with E-state index in [9.17, 15) is 9.59 Å². The van der Waals surface area contributed by atoms with E-state index in [1.807, 2.05) is 48.7 Å². The SMILES string of the molecule is Nc1ccc(Oc2ccc(C(=O)C(COCc3ccccc3)NC(=O)c3ccc4cc[nH]c4c3)cc2)cc1. The Balaban J connectivity index is 1.30. The van der Waals surface area contributed by atoms with Crippen molar-refractivity contribution in [1.29, 1.82) is 0 Å². The van der Waals surface area contributed by atoms with Crippen LogP contribution in [0.2, 0.25) is 0 Å². The molecule has 1 unspecified atom stereocenters. The van der Waals surface area contributed by atoms with Crippen LogP contribution in [0.15, 0.2) is 109 Å². The number of ketones is 1. The monoisotopic (exact) mass is 505 g/mol. The van der Waals surface area contributed by atoms with Crippen LogP contribution < -0.4 is 15.8 Å². The lowest BCUT2D eigenvalue weighted by atomic mass is 10.0. The zero-order valence-electron chi connectivity index (χ0n) is 20.6. The molecule has 1 heterocycles. The number of nitrogen functional groups attached to an aromatic ring is 1. The van der Waals surface area contributed by atoms with E-state index < -0.39 is 6.04 Å². The summed E-state index contributed by atoms with van der Waals surface area (Å²) >= 11 is 0. The number of anilines is 1. The van der Waals surface area contributed by atoms with E-state index in [1.54, 1.807) is 60.7 Å². The third kappa shape index (κ3) is 6.08. The number of carbonyl (C=O) groups excluding carboxylic acids is 2. The van der Waals surface area contributed by atoms with Gasteiger partial charge in [-0.05, 0) is 77.7 Å². The number of hydrogen-bond donors (Lipinski definition) is 3. The zero-order chi connectivity index (χ0) is 26.3. The maximum absolute atomic E-state index is 13.5. The van der Waals surface area contributed by atoms with Gasteiger partial charge in [0.1, 0.15) is 17.5 Å². The van der Waals surface area contributed by atoms with E-state index in [2.05, 4.69) is 10.3 Å². The lowest BCUT2D eigenvalue weighted by Gasteiger charge is -2.18. The predicted molar refractivity (Wildman–Crippen MR) is 147 cm³/mol. The first-order chi connectivity index (χ1) is 18.5. The summed E-state index contributed by atoms with van der Waals surface area (Å²) in [5, 5.41) is 3.87. The Bertz CT molecular complexity index is 1530. The molecule has 0 aliphatic heterocycles. The summed E-state index contributed by atoms with van der Waals surface area (Å²) in [5.41, 5.74) is 9.08. The molecule has 4 N–H and O–H groups in total. The molecule has 0 bridgehead atoms. The van der Waals surface area contributed by atoms with Crippen LogP contribution in [0, 0.1) is 0 Å². The van der Waals surface area contributed by atoms with Crippen molar-refractivity contribution in [3.05, 3.63) is 126 Å². The number of hydrogen-bond acceptors (Lipinski definition) is 5. The maximum atomic E-state index is 13.5. The molecule has 0 radical (unpaired) electrons. The Morgan fingerprint density at radius 3 is 2.24 bits per heavy atom. The van der Waals surface area contributed by atoms with Crippen molar-refractivity contribution < 1.29 is 19.1 Å². The Kier molecular flexibility index (Phi) is 7.47. The number of Topliss-reactive ketones (excluding diaryl/α,β-unsaturated/α-hetero) is 1. The topological polar surface area (TPSA) is 106 Å². The highest BCUT2D eigenvalue weighted by molar-refractivity contribution is 6.05. The fraction of sp³-hybridized carbons (Fsp3) is 0.0968. The molecule has 0 spiro atoms. The smallest absolute Gasteiger partial charge is 0.252 e. The second-order valence-corrected chi connectivity index (χ2v) is 8.87. The highest BCUT2D eigenvalue weighted by Crippen LogP contribution is 2.23. The van der Waals surface area contributed by atoms with Gasteiger partial charge in [0.05, 0.1) is 13.2 Å². The van der Waals surface area contributed by atoms with Crippen molar-refractivity contribution >= 4 is 28.3 Å². The lowest BCUT2D eigenvalue weighted by molar-refractivity contribution is 0.0672. The van der Waals surface area contributed by atoms with Crippen molar-refractivity contribution in [3.63, 3.8) is 0 Å². The summed E-state index contributed by atoms with van der Waals surface area (Å²) in [6, 6.07) is 29.9. The van der Waals surface area contributed by atoms with E-state index in [-0.39, 0.29) is 18.3 Å². The second kappa shape index (κ2) is 11.5. The molecule has 1 aromatic heterocycles. The fourth-order valence-corrected chi connectivity index (χ4v) is 4.04. The highest BCUT2D eigenvalue weighted by Gasteiger charge is 2.23. The highest BCUT2D eigenvalue weighted by atomic mass is 16.5. The largest absolute Gasteiger partial charge is 0.457 e. The van der Waals surface area contributed by atoms with Crippen LogP contribution >= 0.6 is 0 Å². The van der Waals surface area contributed by atoms with Gasteiger partial charge < -0.3 is 25.5 Å². The number of ether oxygens (including phenoxy) is 2. The number of nitrogens with one attached hydrogen (secondary N) is 2. The Morgan fingerprint density at radius 2 is 1.50 bits per heavy atom. The van der Waals surface area contributed by atoms with Crippen molar-refractivity contribution in [2.45, 2.75) is 12.6 Å². The van der Waals surface area contributed by atoms with E-state index in [4.69, 9.17) is 15.2 Å². The molecule has 0 fully saturated rings. The van der Waals surface area contributed by atoms with Crippen LogP contribution in [-0.2, 0) is 11.3 Å². The molecule has 5 aromatic rings. The van der Waals surface area contributed by atoms with E-state index >= 15 is 0 Å². The van der Waals surface area contributed by atoms with Crippen LogP contribution in [0.1, 0.15) is 26.3 Å². The van der Waals surface area contributed by atoms with Crippen LogP contribution in [0.3, 0.4) is 0 Å². The van der Waals surface area contributed by atoms with Crippen molar-refractivity contribution in [2.24, 2.45) is 0 Å². The fourth-order valence-electron chi connectivity index (χ4n) is 4.04. The lowest BCUT2D eigenvalue weighted by Crippen LogP contribution is -2.44. The summed E-state index contributed by atoms with van der Waals surface area (Å²) in [6.45, 7) is 0.344. The van der Waals surface area contributed by atoms with Gasteiger partial charge in [-0.1, -0.05) is 36.4 Å². The molecule has 1 atom stereocenters. The normalized spacial score (nSPS) is 11.7. The Labute approximate surface area is 220 Å². The minimum absolute atomic E-state index is 0.0217. The number of aromatic nitrogens is 1. The predicted octanol–water partition coefficient (Wildman–Crippen LogP) is 5.74. The quantitative estimate of drug-likeness (QED) is 0.166. The number of amides is 1. The van der Waals surface area contributed by atoms with E-state index in [0.717, 1.165) is 16.5 Å². The van der Waals surface area contributed by atoms with Crippen molar-refractivity contribution in [3.8, 4) is 11.5 Å². The van der Waals surface area contributed by atoms with Gasteiger partial charge in [0.2, 0.25) is 0 Å². The first kappa shape index (κ1) is 24.8. The van der Waals surface area contributed by atoms with Crippen LogP contribution in [0.25, 0.3) is 10.9 Å². The van der Waals surface area contributed by atoms with Crippen LogP contribution in [0.4, 0.5) is 5.69 Å². The number of aromatic amines is 1. The summed E-state index contributed by atoms with van der Waals surface area (Å²) < 4.78 is 11.7. The van der Waals surface area contributed by atoms with E-state index in [1.165, 1.54) is 0 Å². The molecule has 7 nitrogen and oxygen atoms in total. The van der Waals surface area contributed by atoms with Crippen molar-refractivity contribution in [1.82, 2.24) is 10.3 Å². The minimum atomic E-state index is -0.880. The molecular formula is C31H27N3O4. The third-order valence-corrected chi connectivity index (χ3v) is 6.09. The first-order valence-corrected chi connectivity index (χ1v) is 12.2. The van der Waals surface area contributed by atoms with Gasteiger partial charge in [0.15, 0.2) is 5.78 Å². The van der Waals surface area contributed by atoms with Gasteiger partial charge in [0, 0.05) is 28.5 Å². The van der Waals surface area contributed by atoms with Gasteiger partial charge in [-0.2, -0.15) is 0 Å². The number of nitrogens with two attached hydrogens (primary N) is 1. The average Bonchev–Trinajstić information content (AvgIpc) is 3.42. The molecule has 7 heteroatoms. The molecule has 0 saturated carbocycles. The summed E-state index contributed by atoms with van der Waals surface area (Å²) in [4.78, 5) is 29.7. The molecular weight excluding hydrogens is 478 g/mol. The molecule has 0 aliphatic rings. The maximum Gasteiger partial charge on any atom is 0.252 e. The number of benzene rings is 4. The molecule has 5 rings (SSSR count). The number of carbonyl (C=O) groups is 2. The second-order valence-electron chi connectivity index (χ2n) is 8.87. The van der Waals surface area contributed by atoms with Gasteiger partial charge >= 0.3 is 0 Å². The zero-order valence-corrected chi connectivity index (χ0v) is 20.6. The minimum Gasteiger partial charge on any atom is -0.457 e. The van der Waals surface area contributed by atoms with Gasteiger partial charge in [-0.25, -0.2) is 0 Å². The summed E-state index contributed by atoms with van der Waals surface area (Å²) in [6.07, 6.45) is 1.82. The van der Waals surface area contributed by atoms with Gasteiger partial charge in [-0.3, -0.25) is 9.59 Å². The number of H-pyrrole nitrogens is 1. The third-order valence-electron chi connectivity index (χ3n) is 6.09. The van der Waals surface area contributed by atoms with Crippen molar-refractivity contribution in [2.75, 3.05) is 12.3 Å². The molecule has 4 aromatic carbocycles.